The SMILES string of the molecule is c1ccc(N(c2ccccc2)c2ccc(-c3c4ccccc4c(-c4ccc5ccccc5c4)c4c5ccccc5c5ccccc5c34)cc2)cc1. The van der Waals surface area contributed by atoms with Gasteiger partial charge in [0.25, 0.3) is 0 Å². The van der Waals surface area contributed by atoms with Crippen molar-refractivity contribution in [3.05, 3.63) is 200 Å². The summed E-state index contributed by atoms with van der Waals surface area (Å²) in [5.41, 5.74) is 8.37. The molecule has 10 rings (SSSR count). The highest BCUT2D eigenvalue weighted by Crippen LogP contribution is 2.50. The molecule has 0 amide bonds. The van der Waals surface area contributed by atoms with Gasteiger partial charge < -0.3 is 4.90 Å². The second-order valence-electron chi connectivity index (χ2n) is 13.3. The van der Waals surface area contributed by atoms with Crippen molar-refractivity contribution in [2.75, 3.05) is 4.90 Å². The zero-order chi connectivity index (χ0) is 33.7. The van der Waals surface area contributed by atoms with Crippen LogP contribution in [0.15, 0.2) is 200 Å². The Morgan fingerprint density at radius 1 is 0.255 bits per heavy atom. The highest BCUT2D eigenvalue weighted by molar-refractivity contribution is 6.36. The second-order valence-corrected chi connectivity index (χ2v) is 13.3. The molecule has 1 nitrogen and oxygen atoms in total. The molecule has 0 aromatic heterocycles. The van der Waals surface area contributed by atoms with E-state index in [1.807, 2.05) is 0 Å². The first-order valence-electron chi connectivity index (χ1n) is 17.6. The summed E-state index contributed by atoms with van der Waals surface area (Å²) in [4.78, 5) is 2.33. The Labute approximate surface area is 297 Å². The molecule has 0 unspecified atom stereocenters. The Morgan fingerprint density at radius 3 is 1.20 bits per heavy atom. The zero-order valence-electron chi connectivity index (χ0n) is 28.0. The van der Waals surface area contributed by atoms with E-state index < -0.39 is 0 Å². The van der Waals surface area contributed by atoms with Crippen LogP contribution in [0.5, 0.6) is 0 Å². The number of hydrogen-bond acceptors (Lipinski definition) is 1. The summed E-state index contributed by atoms with van der Waals surface area (Å²) in [5, 5.41) is 12.7. The van der Waals surface area contributed by atoms with Gasteiger partial charge in [-0.05, 0) is 119 Å². The average Bonchev–Trinajstić information content (AvgIpc) is 3.21. The lowest BCUT2D eigenvalue weighted by atomic mass is 9.81. The lowest BCUT2D eigenvalue weighted by Crippen LogP contribution is -2.09. The second kappa shape index (κ2) is 12.0. The third-order valence-electron chi connectivity index (χ3n) is 10.4. The van der Waals surface area contributed by atoms with Crippen LogP contribution in [0.2, 0.25) is 0 Å². The maximum atomic E-state index is 2.37. The van der Waals surface area contributed by atoms with Crippen molar-refractivity contribution in [1.29, 1.82) is 0 Å². The first-order chi connectivity index (χ1) is 25.3. The van der Waals surface area contributed by atoms with Crippen LogP contribution in [0.1, 0.15) is 0 Å². The molecule has 0 spiro atoms. The van der Waals surface area contributed by atoms with Crippen LogP contribution in [-0.4, -0.2) is 0 Å². The van der Waals surface area contributed by atoms with Crippen molar-refractivity contribution in [2.24, 2.45) is 0 Å². The summed E-state index contributed by atoms with van der Waals surface area (Å²) in [5.74, 6) is 0. The van der Waals surface area contributed by atoms with Crippen LogP contribution < -0.4 is 4.90 Å². The van der Waals surface area contributed by atoms with Crippen LogP contribution in [0.4, 0.5) is 17.1 Å². The van der Waals surface area contributed by atoms with E-state index in [1.165, 1.54) is 76.1 Å². The molecule has 51 heavy (non-hydrogen) atoms. The third-order valence-corrected chi connectivity index (χ3v) is 10.4. The molecular formula is C50H33N. The van der Waals surface area contributed by atoms with Gasteiger partial charge in [0.1, 0.15) is 0 Å². The molecule has 10 aromatic rings. The summed E-state index contributed by atoms with van der Waals surface area (Å²) >= 11 is 0. The zero-order valence-corrected chi connectivity index (χ0v) is 28.0. The molecule has 10 aromatic carbocycles. The van der Waals surface area contributed by atoms with Crippen molar-refractivity contribution >= 4 is 70.9 Å². The predicted molar refractivity (Wildman–Crippen MR) is 220 cm³/mol. The third kappa shape index (κ3) is 4.78. The van der Waals surface area contributed by atoms with E-state index in [0.717, 1.165) is 17.1 Å². The van der Waals surface area contributed by atoms with E-state index in [-0.39, 0.29) is 0 Å². The van der Waals surface area contributed by atoms with Gasteiger partial charge in [0, 0.05) is 17.1 Å². The molecule has 0 radical (unpaired) electrons. The summed E-state index contributed by atoms with van der Waals surface area (Å²) in [6, 6.07) is 72.9. The van der Waals surface area contributed by atoms with Crippen LogP contribution in [0, 0.1) is 0 Å². The maximum absolute atomic E-state index is 2.37. The first-order valence-corrected chi connectivity index (χ1v) is 17.6. The average molecular weight is 648 g/mol. The van der Waals surface area contributed by atoms with E-state index in [0.29, 0.717) is 0 Å². The Balaban J connectivity index is 1.31. The van der Waals surface area contributed by atoms with Crippen molar-refractivity contribution in [1.82, 2.24) is 0 Å². The van der Waals surface area contributed by atoms with Crippen molar-refractivity contribution in [2.45, 2.75) is 0 Å². The Kier molecular flexibility index (Phi) is 6.89. The fourth-order valence-electron chi connectivity index (χ4n) is 8.17. The molecule has 0 saturated heterocycles. The van der Waals surface area contributed by atoms with E-state index in [4.69, 9.17) is 0 Å². The van der Waals surface area contributed by atoms with Crippen LogP contribution in [0.3, 0.4) is 0 Å². The summed E-state index contributed by atoms with van der Waals surface area (Å²) in [7, 11) is 0. The number of benzene rings is 10. The molecule has 238 valence electrons. The lowest BCUT2D eigenvalue weighted by molar-refractivity contribution is 1.28. The molecule has 1 heteroatoms. The van der Waals surface area contributed by atoms with Gasteiger partial charge in [-0.2, -0.15) is 0 Å². The maximum Gasteiger partial charge on any atom is 0.0462 e. The number of fused-ring (bicyclic) bond motifs is 8. The molecule has 0 bridgehead atoms. The normalized spacial score (nSPS) is 11.5. The van der Waals surface area contributed by atoms with Gasteiger partial charge in [-0.1, -0.05) is 158 Å². The number of para-hydroxylation sites is 2. The van der Waals surface area contributed by atoms with E-state index in [1.54, 1.807) is 0 Å². The minimum atomic E-state index is 1.12. The largest absolute Gasteiger partial charge is 0.311 e. The van der Waals surface area contributed by atoms with Crippen molar-refractivity contribution in [3.63, 3.8) is 0 Å². The fraction of sp³-hybridized carbons (Fsp3) is 0. The molecule has 0 aliphatic rings. The monoisotopic (exact) mass is 647 g/mol. The van der Waals surface area contributed by atoms with Gasteiger partial charge >= 0.3 is 0 Å². The van der Waals surface area contributed by atoms with Crippen molar-refractivity contribution < 1.29 is 0 Å². The van der Waals surface area contributed by atoms with Crippen LogP contribution in [-0.2, 0) is 0 Å². The van der Waals surface area contributed by atoms with Crippen LogP contribution in [0.25, 0.3) is 76.1 Å². The van der Waals surface area contributed by atoms with Gasteiger partial charge in [0.2, 0.25) is 0 Å². The summed E-state index contributed by atoms with van der Waals surface area (Å²) in [6.07, 6.45) is 0. The molecule has 0 aliphatic heterocycles. The molecule has 0 heterocycles. The molecular weight excluding hydrogens is 615 g/mol. The van der Waals surface area contributed by atoms with E-state index in [9.17, 15) is 0 Å². The standard InChI is InChI=1S/C50H33N/c1-3-17-38(18-4-1)51(39-19-5-2-6-20-39)40-31-29-35(30-32-40)47-45-25-13-14-26-46(45)48(37-28-27-34-15-7-8-16-36(34)33-37)50-44-24-12-10-22-42(44)41-21-9-11-23-43(41)49(47)50/h1-33H. The number of rotatable bonds is 5. The van der Waals surface area contributed by atoms with Crippen molar-refractivity contribution in [3.8, 4) is 22.3 Å². The van der Waals surface area contributed by atoms with Gasteiger partial charge in [-0.3, -0.25) is 0 Å². The predicted octanol–water partition coefficient (Wildman–Crippen LogP) is 14.3. The molecule has 0 N–H and O–H groups in total. The van der Waals surface area contributed by atoms with E-state index >= 15 is 0 Å². The smallest absolute Gasteiger partial charge is 0.0462 e. The Hall–Kier alpha value is -6.70. The number of hydrogen-bond donors (Lipinski definition) is 0. The summed E-state index contributed by atoms with van der Waals surface area (Å²) < 4.78 is 0. The minimum Gasteiger partial charge on any atom is -0.311 e. The van der Waals surface area contributed by atoms with Gasteiger partial charge in [0.15, 0.2) is 0 Å². The molecule has 0 saturated carbocycles. The number of anilines is 3. The minimum absolute atomic E-state index is 1.12. The fourth-order valence-corrected chi connectivity index (χ4v) is 8.17. The topological polar surface area (TPSA) is 3.24 Å². The molecule has 0 atom stereocenters. The Morgan fingerprint density at radius 2 is 0.647 bits per heavy atom. The molecule has 0 aliphatic carbocycles. The van der Waals surface area contributed by atoms with Gasteiger partial charge in [-0.15, -0.1) is 0 Å². The van der Waals surface area contributed by atoms with Gasteiger partial charge in [-0.25, -0.2) is 0 Å². The highest BCUT2D eigenvalue weighted by atomic mass is 15.1. The Bertz CT molecular complexity index is 2850. The number of nitrogens with zero attached hydrogens (tertiary/aromatic N) is 1. The summed E-state index contributed by atoms with van der Waals surface area (Å²) in [6.45, 7) is 0. The lowest BCUT2D eigenvalue weighted by Gasteiger charge is -2.26. The first kappa shape index (κ1) is 29.2. The molecule has 0 fully saturated rings. The van der Waals surface area contributed by atoms with Gasteiger partial charge in [0.05, 0.1) is 0 Å². The quantitative estimate of drug-likeness (QED) is 0.133. The van der Waals surface area contributed by atoms with Crippen LogP contribution >= 0.6 is 0 Å². The highest BCUT2D eigenvalue weighted by Gasteiger charge is 2.22. The van der Waals surface area contributed by atoms with E-state index in [2.05, 4.69) is 205 Å².